The summed E-state index contributed by atoms with van der Waals surface area (Å²) in [4.78, 5) is 11.9. The van der Waals surface area contributed by atoms with Crippen LogP contribution in [-0.4, -0.2) is 32.5 Å². The number of anilines is 1. The fourth-order valence-corrected chi connectivity index (χ4v) is 4.53. The van der Waals surface area contributed by atoms with Crippen LogP contribution in [0.2, 0.25) is 0 Å². The molecule has 1 unspecified atom stereocenters. The van der Waals surface area contributed by atoms with E-state index in [9.17, 15) is 13.2 Å². The first-order valence-corrected chi connectivity index (χ1v) is 10.1. The number of rotatable bonds is 5. The molecule has 1 aliphatic rings. The molecule has 2 N–H and O–H groups in total. The van der Waals surface area contributed by atoms with Gasteiger partial charge in [-0.05, 0) is 48.7 Å². The number of amides is 2. The van der Waals surface area contributed by atoms with Gasteiger partial charge in [-0.3, -0.25) is 0 Å². The number of nitrogens with zero attached hydrogens (tertiary/aromatic N) is 2. The first-order chi connectivity index (χ1) is 12.5. The van der Waals surface area contributed by atoms with Crippen molar-refractivity contribution in [2.24, 2.45) is 16.1 Å². The molecule has 7 nitrogen and oxygen atoms in total. The van der Waals surface area contributed by atoms with Crippen LogP contribution in [0.3, 0.4) is 0 Å². The van der Waals surface area contributed by atoms with E-state index in [1.54, 1.807) is 24.3 Å². The van der Waals surface area contributed by atoms with Crippen molar-refractivity contribution >= 4 is 32.9 Å². The maximum atomic E-state index is 11.9. The fourth-order valence-electron chi connectivity index (χ4n) is 2.67. The number of hydrogen-bond donors (Lipinski definition) is 2. The van der Waals surface area contributed by atoms with Gasteiger partial charge in [-0.1, -0.05) is 18.2 Å². The van der Waals surface area contributed by atoms with Gasteiger partial charge in [-0.15, -0.1) is 0 Å². The van der Waals surface area contributed by atoms with Gasteiger partial charge in [0.25, 0.3) is 0 Å². The van der Waals surface area contributed by atoms with Crippen LogP contribution >= 0.6 is 0 Å². The predicted molar refractivity (Wildman–Crippen MR) is 101 cm³/mol. The minimum atomic E-state index is -2.92. The van der Waals surface area contributed by atoms with Gasteiger partial charge in [-0.25, -0.2) is 13.2 Å². The van der Waals surface area contributed by atoms with Crippen LogP contribution in [0.1, 0.15) is 6.42 Å². The van der Waals surface area contributed by atoms with Crippen LogP contribution < -0.4 is 10.6 Å². The summed E-state index contributed by atoms with van der Waals surface area (Å²) in [7, 11) is -2.92. The molecular formula is C18H20N4O3S. The summed E-state index contributed by atoms with van der Waals surface area (Å²) in [6.45, 7) is 0.356. The Bertz CT molecular complexity index is 880. The average Bonchev–Trinajstić information content (AvgIpc) is 2.99. The summed E-state index contributed by atoms with van der Waals surface area (Å²) >= 11 is 0. The Morgan fingerprint density at radius 2 is 1.65 bits per heavy atom. The second-order valence-corrected chi connectivity index (χ2v) is 8.42. The molecule has 0 radical (unpaired) electrons. The molecule has 1 heterocycles. The van der Waals surface area contributed by atoms with E-state index in [0.717, 1.165) is 5.69 Å². The Morgan fingerprint density at radius 3 is 2.27 bits per heavy atom. The van der Waals surface area contributed by atoms with E-state index in [-0.39, 0.29) is 23.5 Å². The largest absolute Gasteiger partial charge is 0.338 e. The zero-order valence-corrected chi connectivity index (χ0v) is 14.9. The van der Waals surface area contributed by atoms with Gasteiger partial charge in [0, 0.05) is 12.2 Å². The van der Waals surface area contributed by atoms with Crippen LogP contribution in [-0.2, 0) is 9.84 Å². The molecule has 1 fully saturated rings. The molecular weight excluding hydrogens is 352 g/mol. The summed E-state index contributed by atoms with van der Waals surface area (Å²) in [5.41, 5.74) is 2.07. The number of nitrogens with one attached hydrogen (secondary N) is 2. The molecule has 2 aromatic rings. The van der Waals surface area contributed by atoms with Crippen LogP contribution in [0.25, 0.3) is 0 Å². The minimum absolute atomic E-state index is 0.00785. The molecule has 0 spiro atoms. The second kappa shape index (κ2) is 8.09. The van der Waals surface area contributed by atoms with Gasteiger partial charge in [-0.2, -0.15) is 10.2 Å². The van der Waals surface area contributed by atoms with Crippen molar-refractivity contribution < 1.29 is 13.2 Å². The lowest BCUT2D eigenvalue weighted by Crippen LogP contribution is -2.33. The third-order valence-corrected chi connectivity index (χ3v) is 5.88. The highest BCUT2D eigenvalue weighted by atomic mass is 32.2. The van der Waals surface area contributed by atoms with E-state index in [1.165, 1.54) is 0 Å². The van der Waals surface area contributed by atoms with Crippen LogP contribution in [0.5, 0.6) is 0 Å². The van der Waals surface area contributed by atoms with E-state index < -0.39 is 9.84 Å². The van der Waals surface area contributed by atoms with Crippen LogP contribution in [0, 0.1) is 5.92 Å². The molecule has 0 aromatic heterocycles. The van der Waals surface area contributed by atoms with E-state index in [2.05, 4.69) is 20.9 Å². The lowest BCUT2D eigenvalue weighted by Gasteiger charge is -2.11. The Morgan fingerprint density at radius 1 is 1.00 bits per heavy atom. The molecule has 0 bridgehead atoms. The fraction of sp³-hybridized carbons (Fsp3) is 0.278. The average molecular weight is 372 g/mol. The lowest BCUT2D eigenvalue weighted by molar-refractivity contribution is 0.250. The minimum Gasteiger partial charge on any atom is -0.338 e. The van der Waals surface area contributed by atoms with E-state index in [1.807, 2.05) is 30.3 Å². The molecule has 136 valence electrons. The topological polar surface area (TPSA) is 100.0 Å². The normalized spacial score (nSPS) is 18.7. The Kier molecular flexibility index (Phi) is 5.62. The standard InChI is InChI=1S/C18H20N4O3S/c23-18(19-12-14-10-11-26(24,25)13-14)20-15-6-8-17(9-7-15)22-21-16-4-2-1-3-5-16/h1-9,14H,10-13H2,(H2,19,20,23). The summed E-state index contributed by atoms with van der Waals surface area (Å²) in [5, 5.41) is 13.7. The zero-order chi connectivity index (χ0) is 18.4. The maximum Gasteiger partial charge on any atom is 0.319 e. The maximum absolute atomic E-state index is 11.9. The van der Waals surface area contributed by atoms with Crippen molar-refractivity contribution in [3.8, 4) is 0 Å². The Balaban J connectivity index is 1.48. The molecule has 1 atom stereocenters. The molecule has 1 aliphatic heterocycles. The molecule has 26 heavy (non-hydrogen) atoms. The van der Waals surface area contributed by atoms with Crippen LogP contribution in [0.4, 0.5) is 21.9 Å². The SMILES string of the molecule is O=C(NCC1CCS(=O)(=O)C1)Nc1ccc(N=Nc2ccccc2)cc1. The predicted octanol–water partition coefficient (Wildman–Crippen LogP) is 3.66. The zero-order valence-electron chi connectivity index (χ0n) is 14.1. The number of benzene rings is 2. The summed E-state index contributed by atoms with van der Waals surface area (Å²) in [6, 6.07) is 16.0. The highest BCUT2D eigenvalue weighted by molar-refractivity contribution is 7.91. The number of hydrogen-bond acceptors (Lipinski definition) is 5. The smallest absolute Gasteiger partial charge is 0.319 e. The van der Waals surface area contributed by atoms with Crippen molar-refractivity contribution in [1.82, 2.24) is 5.32 Å². The number of urea groups is 1. The van der Waals surface area contributed by atoms with Gasteiger partial charge in [0.15, 0.2) is 9.84 Å². The summed E-state index contributed by atoms with van der Waals surface area (Å²) < 4.78 is 22.8. The third kappa shape index (κ3) is 5.38. The van der Waals surface area contributed by atoms with Crippen LogP contribution in [0.15, 0.2) is 64.8 Å². The van der Waals surface area contributed by atoms with Crippen molar-refractivity contribution in [2.75, 3.05) is 23.4 Å². The van der Waals surface area contributed by atoms with Gasteiger partial charge in [0.1, 0.15) is 0 Å². The van der Waals surface area contributed by atoms with Crippen molar-refractivity contribution in [3.63, 3.8) is 0 Å². The first-order valence-electron chi connectivity index (χ1n) is 8.32. The molecule has 8 heteroatoms. The van der Waals surface area contributed by atoms with Crippen molar-refractivity contribution in [1.29, 1.82) is 0 Å². The number of carbonyl (C=O) groups excluding carboxylic acids is 1. The number of azo groups is 1. The van der Waals surface area contributed by atoms with Crippen molar-refractivity contribution in [3.05, 3.63) is 54.6 Å². The molecule has 3 rings (SSSR count). The quantitative estimate of drug-likeness (QED) is 0.783. The Hall–Kier alpha value is -2.74. The molecule has 0 saturated carbocycles. The van der Waals surface area contributed by atoms with E-state index in [0.29, 0.717) is 24.3 Å². The molecule has 0 aliphatic carbocycles. The lowest BCUT2D eigenvalue weighted by atomic mass is 10.1. The van der Waals surface area contributed by atoms with Gasteiger partial charge in [0.2, 0.25) is 0 Å². The summed E-state index contributed by atoms with van der Waals surface area (Å²) in [6.07, 6.45) is 0.601. The number of carbonyl (C=O) groups is 1. The monoisotopic (exact) mass is 372 g/mol. The number of sulfone groups is 1. The summed E-state index contributed by atoms with van der Waals surface area (Å²) in [5.74, 6) is 0.348. The van der Waals surface area contributed by atoms with E-state index >= 15 is 0 Å². The third-order valence-electron chi connectivity index (χ3n) is 4.04. The molecule has 2 aromatic carbocycles. The second-order valence-electron chi connectivity index (χ2n) is 6.19. The van der Waals surface area contributed by atoms with Crippen molar-refractivity contribution in [2.45, 2.75) is 6.42 Å². The van der Waals surface area contributed by atoms with Gasteiger partial charge in [0.05, 0.1) is 22.9 Å². The molecule has 1 saturated heterocycles. The van der Waals surface area contributed by atoms with Gasteiger partial charge >= 0.3 is 6.03 Å². The van der Waals surface area contributed by atoms with Gasteiger partial charge < -0.3 is 10.6 Å². The highest BCUT2D eigenvalue weighted by Crippen LogP contribution is 2.20. The van der Waals surface area contributed by atoms with E-state index in [4.69, 9.17) is 0 Å². The highest BCUT2D eigenvalue weighted by Gasteiger charge is 2.27. The molecule has 2 amide bonds. The Labute approximate surface area is 152 Å². The first kappa shape index (κ1) is 18.1.